The monoisotopic (exact) mass is 259 g/mol. The molecule has 3 atom stereocenters. The first-order chi connectivity index (χ1) is 8.97. The Bertz CT molecular complexity index is 412. The van der Waals surface area contributed by atoms with Crippen molar-refractivity contribution in [2.45, 2.75) is 66.5 Å². The molecule has 1 fully saturated rings. The molecule has 1 N–H and O–H groups in total. The first-order valence-electron chi connectivity index (χ1n) is 7.77. The zero-order valence-corrected chi connectivity index (χ0v) is 13.2. The van der Waals surface area contributed by atoms with Gasteiger partial charge in [-0.15, -0.1) is 0 Å². The van der Waals surface area contributed by atoms with Gasteiger partial charge >= 0.3 is 0 Å². The van der Waals surface area contributed by atoms with Gasteiger partial charge in [0, 0.05) is 12.6 Å². The molecular weight excluding hydrogens is 230 g/mol. The van der Waals surface area contributed by atoms with Gasteiger partial charge in [0.2, 0.25) is 0 Å². The summed E-state index contributed by atoms with van der Waals surface area (Å²) in [6.07, 6.45) is 4.10. The molecule has 19 heavy (non-hydrogen) atoms. The number of hydrogen-bond acceptors (Lipinski definition) is 1. The number of rotatable bonds is 3. The molecule has 0 amide bonds. The predicted octanol–water partition coefficient (Wildman–Crippen LogP) is 4.53. The van der Waals surface area contributed by atoms with Crippen LogP contribution in [0.1, 0.15) is 55.4 Å². The molecule has 1 heteroatoms. The van der Waals surface area contributed by atoms with Crippen molar-refractivity contribution in [3.05, 3.63) is 34.4 Å². The molecule has 0 radical (unpaired) electrons. The van der Waals surface area contributed by atoms with E-state index in [0.29, 0.717) is 6.04 Å². The summed E-state index contributed by atoms with van der Waals surface area (Å²) in [4.78, 5) is 0. The molecule has 3 unspecified atom stereocenters. The molecule has 106 valence electrons. The highest BCUT2D eigenvalue weighted by atomic mass is 14.9. The number of benzene rings is 1. The average Bonchev–Trinajstić information content (AvgIpc) is 2.30. The van der Waals surface area contributed by atoms with E-state index in [-0.39, 0.29) is 0 Å². The van der Waals surface area contributed by atoms with Crippen molar-refractivity contribution in [1.82, 2.24) is 5.32 Å². The van der Waals surface area contributed by atoms with Crippen LogP contribution >= 0.6 is 0 Å². The predicted molar refractivity (Wildman–Crippen MR) is 83.5 cm³/mol. The minimum Gasteiger partial charge on any atom is -0.310 e. The number of aryl methyl sites for hydroxylation is 3. The summed E-state index contributed by atoms with van der Waals surface area (Å²) < 4.78 is 0. The van der Waals surface area contributed by atoms with Gasteiger partial charge < -0.3 is 5.32 Å². The van der Waals surface area contributed by atoms with Gasteiger partial charge in [-0.1, -0.05) is 31.5 Å². The molecule has 1 nitrogen and oxygen atoms in total. The molecule has 0 heterocycles. The van der Waals surface area contributed by atoms with Crippen molar-refractivity contribution in [2.24, 2.45) is 11.8 Å². The van der Waals surface area contributed by atoms with Crippen molar-refractivity contribution < 1.29 is 0 Å². The van der Waals surface area contributed by atoms with Crippen LogP contribution < -0.4 is 5.32 Å². The quantitative estimate of drug-likeness (QED) is 0.841. The Hall–Kier alpha value is -0.820. The van der Waals surface area contributed by atoms with E-state index in [1.54, 1.807) is 0 Å². The lowest BCUT2D eigenvalue weighted by Crippen LogP contribution is -2.38. The van der Waals surface area contributed by atoms with E-state index in [0.717, 1.165) is 18.4 Å². The Morgan fingerprint density at radius 2 is 1.68 bits per heavy atom. The Kier molecular flexibility index (Phi) is 4.67. The fraction of sp³-hybridized carbons (Fsp3) is 0.667. The van der Waals surface area contributed by atoms with Gasteiger partial charge in [-0.3, -0.25) is 0 Å². The molecule has 1 aliphatic rings. The standard InChI is InChI=1S/C18H29N/c1-12-6-7-18(16(5)8-12)19-11-17-14(3)9-13(2)10-15(17)4/h9-10,12,16,18-19H,6-8,11H2,1-5H3. The molecular formula is C18H29N. The normalized spacial score (nSPS) is 27.5. The first-order valence-corrected chi connectivity index (χ1v) is 7.77. The molecule has 1 saturated carbocycles. The van der Waals surface area contributed by atoms with Crippen LogP contribution in [0.2, 0.25) is 0 Å². The molecule has 2 rings (SSSR count). The molecule has 1 aromatic carbocycles. The minimum absolute atomic E-state index is 0.705. The second-order valence-corrected chi connectivity index (χ2v) is 6.76. The molecule has 0 aliphatic heterocycles. The Labute approximate surface area is 118 Å². The molecule has 1 aromatic rings. The fourth-order valence-corrected chi connectivity index (χ4v) is 3.69. The van der Waals surface area contributed by atoms with E-state index in [1.165, 1.54) is 41.5 Å². The van der Waals surface area contributed by atoms with E-state index in [4.69, 9.17) is 0 Å². The van der Waals surface area contributed by atoms with Crippen LogP contribution in [0, 0.1) is 32.6 Å². The number of nitrogens with one attached hydrogen (secondary N) is 1. The third-order valence-corrected chi connectivity index (χ3v) is 4.81. The Balaban J connectivity index is 1.99. The van der Waals surface area contributed by atoms with Crippen molar-refractivity contribution >= 4 is 0 Å². The van der Waals surface area contributed by atoms with Crippen molar-refractivity contribution in [3.8, 4) is 0 Å². The van der Waals surface area contributed by atoms with Crippen molar-refractivity contribution in [1.29, 1.82) is 0 Å². The Morgan fingerprint density at radius 3 is 2.26 bits per heavy atom. The van der Waals surface area contributed by atoms with Gasteiger partial charge in [-0.25, -0.2) is 0 Å². The summed E-state index contributed by atoms with van der Waals surface area (Å²) in [5.41, 5.74) is 5.73. The van der Waals surface area contributed by atoms with Gasteiger partial charge in [-0.2, -0.15) is 0 Å². The smallest absolute Gasteiger partial charge is 0.0213 e. The van der Waals surface area contributed by atoms with Crippen LogP contribution in [-0.2, 0) is 6.54 Å². The summed E-state index contributed by atoms with van der Waals surface area (Å²) in [7, 11) is 0. The topological polar surface area (TPSA) is 12.0 Å². The maximum atomic E-state index is 3.81. The summed E-state index contributed by atoms with van der Waals surface area (Å²) >= 11 is 0. The van der Waals surface area contributed by atoms with Gasteiger partial charge in [-0.05, 0) is 68.6 Å². The van der Waals surface area contributed by atoms with Crippen LogP contribution in [0.5, 0.6) is 0 Å². The second kappa shape index (κ2) is 6.09. The lowest BCUT2D eigenvalue weighted by atomic mass is 9.80. The van der Waals surface area contributed by atoms with Crippen molar-refractivity contribution in [2.75, 3.05) is 0 Å². The van der Waals surface area contributed by atoms with E-state index < -0.39 is 0 Å². The Morgan fingerprint density at radius 1 is 1.05 bits per heavy atom. The third-order valence-electron chi connectivity index (χ3n) is 4.81. The third kappa shape index (κ3) is 3.60. The highest BCUT2D eigenvalue weighted by Crippen LogP contribution is 2.29. The van der Waals surface area contributed by atoms with Crippen LogP contribution in [0.4, 0.5) is 0 Å². The van der Waals surface area contributed by atoms with E-state index in [9.17, 15) is 0 Å². The largest absolute Gasteiger partial charge is 0.310 e. The SMILES string of the molecule is Cc1cc(C)c(CNC2CCC(C)CC2C)c(C)c1. The van der Waals surface area contributed by atoms with Crippen LogP contribution in [-0.4, -0.2) is 6.04 Å². The van der Waals surface area contributed by atoms with Crippen LogP contribution in [0.25, 0.3) is 0 Å². The summed E-state index contributed by atoms with van der Waals surface area (Å²) in [6.45, 7) is 12.5. The van der Waals surface area contributed by atoms with Gasteiger partial charge in [0.05, 0.1) is 0 Å². The molecule has 1 aliphatic carbocycles. The molecule has 0 spiro atoms. The lowest BCUT2D eigenvalue weighted by molar-refractivity contribution is 0.227. The van der Waals surface area contributed by atoms with Crippen LogP contribution in [0.15, 0.2) is 12.1 Å². The average molecular weight is 259 g/mol. The van der Waals surface area contributed by atoms with Crippen molar-refractivity contribution in [3.63, 3.8) is 0 Å². The highest BCUT2D eigenvalue weighted by Gasteiger charge is 2.24. The first kappa shape index (κ1) is 14.6. The molecule has 0 saturated heterocycles. The highest BCUT2D eigenvalue weighted by molar-refractivity contribution is 5.37. The molecule has 0 bridgehead atoms. The van der Waals surface area contributed by atoms with Gasteiger partial charge in [0.15, 0.2) is 0 Å². The summed E-state index contributed by atoms with van der Waals surface area (Å²) in [6, 6.07) is 5.31. The maximum absolute atomic E-state index is 3.81. The zero-order valence-electron chi connectivity index (χ0n) is 13.2. The molecule has 0 aromatic heterocycles. The van der Waals surface area contributed by atoms with E-state index >= 15 is 0 Å². The minimum atomic E-state index is 0.705. The zero-order chi connectivity index (χ0) is 14.0. The van der Waals surface area contributed by atoms with Crippen LogP contribution in [0.3, 0.4) is 0 Å². The van der Waals surface area contributed by atoms with E-state index in [2.05, 4.69) is 52.1 Å². The van der Waals surface area contributed by atoms with E-state index in [1.807, 2.05) is 0 Å². The van der Waals surface area contributed by atoms with Gasteiger partial charge in [0.1, 0.15) is 0 Å². The second-order valence-electron chi connectivity index (χ2n) is 6.76. The summed E-state index contributed by atoms with van der Waals surface area (Å²) in [5, 5.41) is 3.81. The fourth-order valence-electron chi connectivity index (χ4n) is 3.69. The lowest BCUT2D eigenvalue weighted by Gasteiger charge is -2.33. The maximum Gasteiger partial charge on any atom is 0.0213 e. The summed E-state index contributed by atoms with van der Waals surface area (Å²) in [5.74, 6) is 1.73. The number of hydrogen-bond donors (Lipinski definition) is 1. The van der Waals surface area contributed by atoms with Gasteiger partial charge in [0.25, 0.3) is 0 Å².